The lowest BCUT2D eigenvalue weighted by Crippen LogP contribution is -2.30. The number of halogens is 2. The van der Waals surface area contributed by atoms with Crippen molar-refractivity contribution in [2.24, 2.45) is 0 Å². The van der Waals surface area contributed by atoms with Crippen LogP contribution in [0.25, 0.3) is 0 Å². The molecule has 0 unspecified atom stereocenters. The summed E-state index contributed by atoms with van der Waals surface area (Å²) in [6, 6.07) is 8.12. The SMILES string of the molecule is Nc1c(NNC(=O)c2ccncc2)ncnc1Nc1cc(Cl)ccc1Cl. The number of carbonyl (C=O) groups is 1. The van der Waals surface area contributed by atoms with Crippen molar-refractivity contribution in [3.8, 4) is 0 Å². The minimum absolute atomic E-state index is 0.193. The van der Waals surface area contributed by atoms with E-state index < -0.39 is 0 Å². The van der Waals surface area contributed by atoms with Crippen LogP contribution in [0.4, 0.5) is 23.0 Å². The molecule has 3 aromatic rings. The zero-order chi connectivity index (χ0) is 18.5. The Hall–Kier alpha value is -3.10. The number of hydrogen-bond acceptors (Lipinski definition) is 7. The number of carbonyl (C=O) groups excluding carboxylic acids is 1. The number of hydrazine groups is 1. The maximum Gasteiger partial charge on any atom is 0.269 e. The summed E-state index contributed by atoms with van der Waals surface area (Å²) < 4.78 is 0. The van der Waals surface area contributed by atoms with Crippen molar-refractivity contribution >= 4 is 52.1 Å². The first-order chi connectivity index (χ1) is 12.5. The van der Waals surface area contributed by atoms with Crippen LogP contribution in [-0.4, -0.2) is 20.9 Å². The van der Waals surface area contributed by atoms with Gasteiger partial charge in [0.05, 0.1) is 10.7 Å². The van der Waals surface area contributed by atoms with Crippen LogP contribution in [-0.2, 0) is 0 Å². The van der Waals surface area contributed by atoms with Crippen LogP contribution >= 0.6 is 23.2 Å². The number of pyridine rings is 1. The third-order valence-electron chi connectivity index (χ3n) is 3.30. The highest BCUT2D eigenvalue weighted by Gasteiger charge is 2.12. The summed E-state index contributed by atoms with van der Waals surface area (Å²) in [7, 11) is 0. The molecule has 8 nitrogen and oxygen atoms in total. The standard InChI is InChI=1S/C16H13Cl2N7O/c17-10-1-2-11(18)12(7-10)23-14-13(19)15(22-8-21-14)24-25-16(26)9-3-5-20-6-4-9/h1-8H,19H2,(H,25,26)(H2,21,22,23,24). The molecule has 10 heteroatoms. The molecule has 5 N–H and O–H groups in total. The first-order valence-electron chi connectivity index (χ1n) is 7.33. The molecule has 0 bridgehead atoms. The van der Waals surface area contributed by atoms with Crippen LogP contribution in [0.3, 0.4) is 0 Å². The van der Waals surface area contributed by atoms with Gasteiger partial charge in [-0.05, 0) is 30.3 Å². The van der Waals surface area contributed by atoms with E-state index in [-0.39, 0.29) is 17.4 Å². The van der Waals surface area contributed by atoms with Crippen molar-refractivity contribution in [1.82, 2.24) is 20.4 Å². The van der Waals surface area contributed by atoms with Crippen molar-refractivity contribution in [1.29, 1.82) is 0 Å². The fourth-order valence-electron chi connectivity index (χ4n) is 2.01. The third kappa shape index (κ3) is 4.11. The van der Waals surface area contributed by atoms with Crippen LogP contribution in [0.1, 0.15) is 10.4 Å². The van der Waals surface area contributed by atoms with Crippen molar-refractivity contribution < 1.29 is 4.79 Å². The first-order valence-corrected chi connectivity index (χ1v) is 8.09. The van der Waals surface area contributed by atoms with Crippen LogP contribution in [0, 0.1) is 0 Å². The molecule has 1 aromatic carbocycles. The average molecular weight is 390 g/mol. The average Bonchev–Trinajstić information content (AvgIpc) is 2.66. The van der Waals surface area contributed by atoms with Gasteiger partial charge in [-0.25, -0.2) is 9.97 Å². The molecule has 0 spiro atoms. The molecule has 2 aromatic heterocycles. The molecule has 1 amide bonds. The first kappa shape index (κ1) is 17.7. The van der Waals surface area contributed by atoms with Gasteiger partial charge < -0.3 is 11.1 Å². The van der Waals surface area contributed by atoms with Gasteiger partial charge in [0.1, 0.15) is 12.0 Å². The maximum absolute atomic E-state index is 12.1. The van der Waals surface area contributed by atoms with E-state index >= 15 is 0 Å². The molecule has 0 aliphatic rings. The lowest BCUT2D eigenvalue weighted by molar-refractivity contribution is 0.0962. The second kappa shape index (κ2) is 7.85. The van der Waals surface area contributed by atoms with E-state index in [2.05, 4.69) is 31.1 Å². The van der Waals surface area contributed by atoms with Gasteiger partial charge in [-0.1, -0.05) is 23.2 Å². The van der Waals surface area contributed by atoms with Crippen LogP contribution < -0.4 is 21.9 Å². The molecule has 0 aliphatic carbocycles. The summed E-state index contributed by atoms with van der Waals surface area (Å²) in [5, 5.41) is 3.95. The van der Waals surface area contributed by atoms with Gasteiger partial charge in [-0.15, -0.1) is 0 Å². The summed E-state index contributed by atoms with van der Waals surface area (Å²) in [6.45, 7) is 0. The Kier molecular flexibility index (Phi) is 5.35. The van der Waals surface area contributed by atoms with Gasteiger partial charge in [0.2, 0.25) is 0 Å². The molecule has 0 saturated carbocycles. The quantitative estimate of drug-likeness (QED) is 0.494. The normalized spacial score (nSPS) is 10.2. The summed E-state index contributed by atoms with van der Waals surface area (Å²) in [6.07, 6.45) is 4.33. The molecule has 0 radical (unpaired) electrons. The molecular formula is C16H13Cl2N7O. The van der Waals surface area contributed by atoms with E-state index in [0.29, 0.717) is 27.1 Å². The number of aromatic nitrogens is 3. The van der Waals surface area contributed by atoms with Crippen LogP contribution in [0.15, 0.2) is 49.1 Å². The third-order valence-corrected chi connectivity index (χ3v) is 3.87. The molecular weight excluding hydrogens is 377 g/mol. The zero-order valence-corrected chi connectivity index (χ0v) is 14.7. The van der Waals surface area contributed by atoms with Gasteiger partial charge in [0.25, 0.3) is 5.91 Å². The second-order valence-corrected chi connectivity index (χ2v) is 5.89. The number of nitrogen functional groups attached to an aromatic ring is 1. The number of benzene rings is 1. The molecule has 0 fully saturated rings. The Morgan fingerprint density at radius 2 is 1.77 bits per heavy atom. The lowest BCUT2D eigenvalue weighted by Gasteiger charge is -2.14. The maximum atomic E-state index is 12.1. The van der Waals surface area contributed by atoms with E-state index in [1.165, 1.54) is 18.7 Å². The molecule has 2 heterocycles. The minimum Gasteiger partial charge on any atom is -0.393 e. The number of nitrogens with one attached hydrogen (secondary N) is 3. The Bertz CT molecular complexity index is 937. The van der Waals surface area contributed by atoms with E-state index in [9.17, 15) is 4.79 Å². The number of nitrogens with zero attached hydrogens (tertiary/aromatic N) is 3. The number of hydrogen-bond donors (Lipinski definition) is 4. The van der Waals surface area contributed by atoms with Crippen molar-refractivity contribution in [3.05, 3.63) is 64.7 Å². The summed E-state index contributed by atoms with van der Waals surface area (Å²) in [5.74, 6) is 0.172. The molecule has 132 valence electrons. The van der Waals surface area contributed by atoms with Gasteiger partial charge in [-0.3, -0.25) is 20.6 Å². The van der Waals surface area contributed by atoms with E-state index in [4.69, 9.17) is 28.9 Å². The molecule has 26 heavy (non-hydrogen) atoms. The van der Waals surface area contributed by atoms with Gasteiger partial charge in [-0.2, -0.15) is 0 Å². The van der Waals surface area contributed by atoms with Gasteiger partial charge in [0, 0.05) is 23.0 Å². The Morgan fingerprint density at radius 1 is 1.04 bits per heavy atom. The zero-order valence-electron chi connectivity index (χ0n) is 13.2. The van der Waals surface area contributed by atoms with Crippen LogP contribution in [0.5, 0.6) is 0 Å². The van der Waals surface area contributed by atoms with Crippen molar-refractivity contribution in [3.63, 3.8) is 0 Å². The number of rotatable bonds is 5. The Morgan fingerprint density at radius 3 is 2.54 bits per heavy atom. The number of nitrogens with two attached hydrogens (primary N) is 1. The fourth-order valence-corrected chi connectivity index (χ4v) is 2.34. The van der Waals surface area contributed by atoms with E-state index in [1.807, 2.05) is 0 Å². The highest BCUT2D eigenvalue weighted by Crippen LogP contribution is 2.31. The smallest absolute Gasteiger partial charge is 0.269 e. The van der Waals surface area contributed by atoms with Crippen molar-refractivity contribution in [2.45, 2.75) is 0 Å². The predicted octanol–water partition coefficient (Wildman–Crippen LogP) is 3.26. The number of anilines is 4. The number of amides is 1. The molecule has 3 rings (SSSR count). The second-order valence-electron chi connectivity index (χ2n) is 5.05. The molecule has 0 saturated heterocycles. The minimum atomic E-state index is -0.363. The van der Waals surface area contributed by atoms with E-state index in [0.717, 1.165) is 0 Å². The van der Waals surface area contributed by atoms with E-state index in [1.54, 1.807) is 30.3 Å². The lowest BCUT2D eigenvalue weighted by atomic mass is 10.3. The summed E-state index contributed by atoms with van der Waals surface area (Å²) in [5.41, 5.74) is 12.4. The van der Waals surface area contributed by atoms with Crippen LogP contribution in [0.2, 0.25) is 10.0 Å². The Labute approximate surface area is 158 Å². The topological polar surface area (TPSA) is 118 Å². The highest BCUT2D eigenvalue weighted by molar-refractivity contribution is 6.35. The molecule has 0 aliphatic heterocycles. The largest absolute Gasteiger partial charge is 0.393 e. The van der Waals surface area contributed by atoms with Gasteiger partial charge >= 0.3 is 0 Å². The molecule has 0 atom stereocenters. The monoisotopic (exact) mass is 389 g/mol. The fraction of sp³-hybridized carbons (Fsp3) is 0. The summed E-state index contributed by atoms with van der Waals surface area (Å²) in [4.78, 5) is 24.0. The van der Waals surface area contributed by atoms with Gasteiger partial charge in [0.15, 0.2) is 11.6 Å². The summed E-state index contributed by atoms with van der Waals surface area (Å²) >= 11 is 12.1. The van der Waals surface area contributed by atoms with Crippen molar-refractivity contribution in [2.75, 3.05) is 16.5 Å². The highest BCUT2D eigenvalue weighted by atomic mass is 35.5. The predicted molar refractivity (Wildman–Crippen MR) is 102 cm³/mol. The Balaban J connectivity index is 1.75.